The van der Waals surface area contributed by atoms with Crippen molar-refractivity contribution in [3.63, 3.8) is 0 Å². The van der Waals surface area contributed by atoms with Crippen molar-refractivity contribution in [2.24, 2.45) is 0 Å². The molecular weight excluding hydrogens is 468 g/mol. The fourth-order valence-corrected chi connectivity index (χ4v) is 3.68. The quantitative estimate of drug-likeness (QED) is 0.656. The number of ether oxygens (including phenoxy) is 2. The van der Waals surface area contributed by atoms with Crippen LogP contribution in [0.25, 0.3) is 0 Å². The summed E-state index contributed by atoms with van der Waals surface area (Å²) in [6, 6.07) is 0. The van der Waals surface area contributed by atoms with Gasteiger partial charge in [-0.1, -0.05) is 0 Å². The molecule has 0 aliphatic heterocycles. The van der Waals surface area contributed by atoms with Gasteiger partial charge in [-0.2, -0.15) is 0 Å². The Hall–Kier alpha value is -1.28. The average Bonchev–Trinajstić information content (AvgIpc) is 2.44. The van der Waals surface area contributed by atoms with Gasteiger partial charge >= 0.3 is 0 Å². The summed E-state index contributed by atoms with van der Waals surface area (Å²) in [6.45, 7) is 11.3. The molecule has 0 saturated heterocycles. The highest BCUT2D eigenvalue weighted by Crippen LogP contribution is 2.45. The van der Waals surface area contributed by atoms with Gasteiger partial charge in [0, 0.05) is 11.1 Å². The number of benzene rings is 1. The zero-order valence-electron chi connectivity index (χ0n) is 16.4. The van der Waals surface area contributed by atoms with Gasteiger partial charge in [-0.15, -0.1) is 0 Å². The van der Waals surface area contributed by atoms with Crippen LogP contribution in [0.2, 0.25) is 0 Å². The maximum absolute atomic E-state index is 12.8. The molecule has 1 aromatic rings. The highest BCUT2D eigenvalue weighted by Gasteiger charge is 2.32. The summed E-state index contributed by atoms with van der Waals surface area (Å²) in [5, 5.41) is 5.78. The van der Waals surface area contributed by atoms with Crippen molar-refractivity contribution in [2.45, 2.75) is 52.6 Å². The predicted octanol–water partition coefficient (Wildman–Crippen LogP) is 4.29. The van der Waals surface area contributed by atoms with E-state index in [1.54, 1.807) is 0 Å². The summed E-state index contributed by atoms with van der Waals surface area (Å²) in [5.41, 5.74) is -0.385. The number of halogens is 2. The van der Waals surface area contributed by atoms with Gasteiger partial charge in [-0.25, -0.2) is 0 Å². The molecule has 0 spiro atoms. The normalized spacial score (nSPS) is 11.8. The first-order valence-electron chi connectivity index (χ1n) is 8.01. The monoisotopic (exact) mass is 492 g/mol. The van der Waals surface area contributed by atoms with Crippen LogP contribution < -0.4 is 20.1 Å². The van der Waals surface area contributed by atoms with E-state index in [0.717, 1.165) is 0 Å². The van der Waals surface area contributed by atoms with E-state index >= 15 is 0 Å². The second-order valence-corrected chi connectivity index (χ2v) is 9.44. The van der Waals surface area contributed by atoms with Crippen molar-refractivity contribution in [3.05, 3.63) is 20.1 Å². The molecule has 0 atom stereocenters. The Morgan fingerprint density at radius 1 is 0.731 bits per heavy atom. The molecule has 0 radical (unpaired) electrons. The zero-order valence-corrected chi connectivity index (χ0v) is 19.6. The van der Waals surface area contributed by atoms with Crippen molar-refractivity contribution >= 4 is 43.7 Å². The number of rotatable bonds is 4. The molecule has 0 aliphatic carbocycles. The molecule has 6 nitrogen and oxygen atoms in total. The number of hydrogen-bond donors (Lipinski definition) is 2. The van der Waals surface area contributed by atoms with E-state index in [4.69, 9.17) is 9.47 Å². The molecule has 0 aliphatic rings. The summed E-state index contributed by atoms with van der Waals surface area (Å²) in [6.07, 6.45) is 0. The first-order chi connectivity index (χ1) is 11.7. The Morgan fingerprint density at radius 2 is 1.00 bits per heavy atom. The summed E-state index contributed by atoms with van der Waals surface area (Å²) < 4.78 is 11.6. The van der Waals surface area contributed by atoms with Crippen LogP contribution in [0, 0.1) is 0 Å². The van der Waals surface area contributed by atoms with E-state index < -0.39 is 11.1 Å². The topological polar surface area (TPSA) is 76.7 Å². The fraction of sp³-hybridized carbons (Fsp3) is 0.556. The molecule has 0 fully saturated rings. The van der Waals surface area contributed by atoms with Crippen molar-refractivity contribution in [1.82, 2.24) is 10.6 Å². The first kappa shape index (κ1) is 22.8. The lowest BCUT2D eigenvalue weighted by atomic mass is 10.0. The molecule has 0 aromatic heterocycles. The van der Waals surface area contributed by atoms with Crippen LogP contribution in [0.4, 0.5) is 0 Å². The van der Waals surface area contributed by atoms with Crippen molar-refractivity contribution in [3.8, 4) is 11.5 Å². The van der Waals surface area contributed by atoms with Gasteiger partial charge in [0.05, 0.1) is 23.2 Å². The number of carbonyl (C=O) groups excluding carboxylic acids is 2. The van der Waals surface area contributed by atoms with Crippen LogP contribution in [0.3, 0.4) is 0 Å². The molecule has 8 heteroatoms. The maximum Gasteiger partial charge on any atom is 0.256 e. The van der Waals surface area contributed by atoms with E-state index in [0.29, 0.717) is 8.95 Å². The molecule has 2 N–H and O–H groups in total. The van der Waals surface area contributed by atoms with Gasteiger partial charge in [0.2, 0.25) is 0 Å². The van der Waals surface area contributed by atoms with Crippen molar-refractivity contribution < 1.29 is 19.1 Å². The average molecular weight is 494 g/mol. The first-order valence-corrected chi connectivity index (χ1v) is 9.60. The van der Waals surface area contributed by atoms with E-state index in [-0.39, 0.29) is 34.4 Å². The Balaban J connectivity index is 3.67. The molecule has 2 amide bonds. The van der Waals surface area contributed by atoms with E-state index in [1.165, 1.54) is 14.2 Å². The third kappa shape index (κ3) is 5.36. The molecule has 1 aromatic carbocycles. The Kier molecular flexibility index (Phi) is 7.15. The van der Waals surface area contributed by atoms with Crippen molar-refractivity contribution in [2.75, 3.05) is 14.2 Å². The smallest absolute Gasteiger partial charge is 0.256 e. The minimum atomic E-state index is -0.441. The molecule has 0 unspecified atom stereocenters. The molecule has 26 heavy (non-hydrogen) atoms. The van der Waals surface area contributed by atoms with Gasteiger partial charge in [-0.3, -0.25) is 9.59 Å². The summed E-state index contributed by atoms with van der Waals surface area (Å²) in [5.74, 6) is -0.192. The number of methoxy groups -OCH3 is 2. The lowest BCUT2D eigenvalue weighted by molar-refractivity contribution is 0.0899. The molecule has 146 valence electrons. The van der Waals surface area contributed by atoms with Gasteiger partial charge in [-0.05, 0) is 73.4 Å². The van der Waals surface area contributed by atoms with Crippen LogP contribution in [0.15, 0.2) is 8.95 Å². The highest BCUT2D eigenvalue weighted by molar-refractivity contribution is 9.11. The van der Waals surface area contributed by atoms with Crippen LogP contribution in [-0.4, -0.2) is 37.1 Å². The standard InChI is InChI=1S/C18H26Br2N2O4/c1-17(2,3)21-15(23)9-11(19)14(26-8)10(12(20)13(9)25-7)16(24)22-18(4,5)6/h1-8H3,(H,21,23)(H,22,24). The zero-order chi connectivity index (χ0) is 20.4. The van der Waals surface area contributed by atoms with Gasteiger partial charge in [0.25, 0.3) is 11.8 Å². The third-order valence-electron chi connectivity index (χ3n) is 3.13. The van der Waals surface area contributed by atoms with E-state index in [2.05, 4.69) is 42.5 Å². The Bertz CT molecular complexity index is 658. The largest absolute Gasteiger partial charge is 0.495 e. The minimum absolute atomic E-state index is 0.249. The summed E-state index contributed by atoms with van der Waals surface area (Å²) in [4.78, 5) is 25.6. The van der Waals surface area contributed by atoms with Crippen LogP contribution >= 0.6 is 31.9 Å². The van der Waals surface area contributed by atoms with E-state index in [9.17, 15) is 9.59 Å². The SMILES string of the molecule is COc1c(Br)c(C(=O)NC(C)(C)C)c(OC)c(Br)c1C(=O)NC(C)(C)C. The van der Waals surface area contributed by atoms with Gasteiger partial charge in [0.1, 0.15) is 22.6 Å². The second kappa shape index (κ2) is 8.17. The maximum atomic E-state index is 12.8. The van der Waals surface area contributed by atoms with Crippen molar-refractivity contribution in [1.29, 1.82) is 0 Å². The van der Waals surface area contributed by atoms with Gasteiger partial charge in [0.15, 0.2) is 0 Å². The van der Waals surface area contributed by atoms with Crippen LogP contribution in [-0.2, 0) is 0 Å². The molecular formula is C18H26Br2N2O4. The molecule has 0 heterocycles. The Labute approximate surface area is 171 Å². The van der Waals surface area contributed by atoms with E-state index in [1.807, 2.05) is 41.5 Å². The van der Waals surface area contributed by atoms with Crippen LogP contribution in [0.1, 0.15) is 62.3 Å². The molecule has 0 saturated carbocycles. The second-order valence-electron chi connectivity index (χ2n) is 7.85. The highest BCUT2D eigenvalue weighted by atomic mass is 79.9. The fourth-order valence-electron chi connectivity index (χ4n) is 2.24. The predicted molar refractivity (Wildman–Crippen MR) is 109 cm³/mol. The summed E-state index contributed by atoms with van der Waals surface area (Å²) >= 11 is 6.82. The number of carbonyl (C=O) groups is 2. The number of nitrogens with one attached hydrogen (secondary N) is 2. The third-order valence-corrected chi connectivity index (χ3v) is 4.64. The summed E-state index contributed by atoms with van der Waals surface area (Å²) in [7, 11) is 2.89. The number of amides is 2. The molecule has 0 bridgehead atoms. The Morgan fingerprint density at radius 3 is 1.19 bits per heavy atom. The minimum Gasteiger partial charge on any atom is -0.495 e. The lowest BCUT2D eigenvalue weighted by Gasteiger charge is -2.25. The van der Waals surface area contributed by atoms with Crippen LogP contribution in [0.5, 0.6) is 11.5 Å². The lowest BCUT2D eigenvalue weighted by Crippen LogP contribution is -2.42. The molecule has 1 rings (SSSR count). The number of hydrogen-bond acceptors (Lipinski definition) is 4. The van der Waals surface area contributed by atoms with Gasteiger partial charge < -0.3 is 20.1 Å².